The molecule has 1 amide bonds. The van der Waals surface area contributed by atoms with Gasteiger partial charge in [0.05, 0.1) is 7.11 Å². The number of ether oxygens (including phenoxy) is 2. The molecule has 0 aliphatic heterocycles. The maximum atomic E-state index is 11.9. The highest BCUT2D eigenvalue weighted by Gasteiger charge is 2.08. The number of aromatic nitrogens is 2. The molecule has 0 atom stereocenters. The van der Waals surface area contributed by atoms with Crippen molar-refractivity contribution in [3.05, 3.63) is 64.1 Å². The zero-order valence-corrected chi connectivity index (χ0v) is 16.0. The molecule has 6 nitrogen and oxygen atoms in total. The van der Waals surface area contributed by atoms with Crippen molar-refractivity contribution < 1.29 is 14.3 Å². The third-order valence-corrected chi connectivity index (χ3v) is 4.46. The van der Waals surface area contributed by atoms with Crippen LogP contribution in [0.3, 0.4) is 0 Å². The largest absolute Gasteiger partial charge is 0.497 e. The summed E-state index contributed by atoms with van der Waals surface area (Å²) in [6, 6.07) is 14.4. The number of hydrogen-bond donors (Lipinski definition) is 1. The van der Waals surface area contributed by atoms with E-state index in [4.69, 9.17) is 21.1 Å². The number of benzene rings is 2. The predicted molar refractivity (Wildman–Crippen MR) is 107 cm³/mol. The standard InChI is InChI=1S/C19H16ClN3O3S/c1-25-15-7-2-13(3-8-15)4-11-18-22-23-19(27-18)21-17(24)12-26-16-9-5-14(20)6-10-16/h2-11H,12H2,1H3,(H,21,23,24)/b11-4+. The summed E-state index contributed by atoms with van der Waals surface area (Å²) in [6.07, 6.45) is 3.74. The van der Waals surface area contributed by atoms with Crippen LogP contribution in [0, 0.1) is 0 Å². The monoisotopic (exact) mass is 401 g/mol. The van der Waals surface area contributed by atoms with Gasteiger partial charge in [0.1, 0.15) is 16.5 Å². The molecular weight excluding hydrogens is 386 g/mol. The van der Waals surface area contributed by atoms with Gasteiger partial charge in [-0.05, 0) is 48.0 Å². The second kappa shape index (κ2) is 9.16. The van der Waals surface area contributed by atoms with Gasteiger partial charge in [0.2, 0.25) is 5.13 Å². The molecule has 8 heteroatoms. The summed E-state index contributed by atoms with van der Waals surface area (Å²) in [5, 5.41) is 12.3. The molecule has 3 aromatic rings. The van der Waals surface area contributed by atoms with E-state index < -0.39 is 0 Å². The minimum absolute atomic E-state index is 0.127. The van der Waals surface area contributed by atoms with Gasteiger partial charge in [0.25, 0.3) is 5.91 Å². The average Bonchev–Trinajstić information content (AvgIpc) is 3.13. The molecule has 0 unspecified atom stereocenters. The number of hydrogen-bond acceptors (Lipinski definition) is 6. The lowest BCUT2D eigenvalue weighted by Crippen LogP contribution is -2.20. The molecule has 0 radical (unpaired) electrons. The molecule has 0 aliphatic carbocycles. The highest BCUT2D eigenvalue weighted by molar-refractivity contribution is 7.16. The van der Waals surface area contributed by atoms with Crippen LogP contribution in [-0.4, -0.2) is 29.8 Å². The molecular formula is C19H16ClN3O3S. The van der Waals surface area contributed by atoms with E-state index in [9.17, 15) is 4.79 Å². The predicted octanol–water partition coefficient (Wildman–Crippen LogP) is 4.39. The lowest BCUT2D eigenvalue weighted by Gasteiger charge is -2.05. The van der Waals surface area contributed by atoms with Crippen molar-refractivity contribution in [2.75, 3.05) is 19.0 Å². The lowest BCUT2D eigenvalue weighted by molar-refractivity contribution is -0.118. The zero-order chi connectivity index (χ0) is 19.1. The minimum atomic E-state index is -0.313. The van der Waals surface area contributed by atoms with Gasteiger partial charge in [-0.2, -0.15) is 0 Å². The number of rotatable bonds is 7. The quantitative estimate of drug-likeness (QED) is 0.635. The van der Waals surface area contributed by atoms with E-state index in [2.05, 4.69) is 15.5 Å². The SMILES string of the molecule is COc1ccc(/C=C/c2nnc(NC(=O)COc3ccc(Cl)cc3)s2)cc1. The van der Waals surface area contributed by atoms with E-state index in [0.717, 1.165) is 11.3 Å². The third-order valence-electron chi connectivity index (χ3n) is 3.40. The summed E-state index contributed by atoms with van der Waals surface area (Å²) in [5.41, 5.74) is 1.01. The Morgan fingerprint density at radius 1 is 1.07 bits per heavy atom. The summed E-state index contributed by atoms with van der Waals surface area (Å²) in [7, 11) is 1.63. The summed E-state index contributed by atoms with van der Waals surface area (Å²) >= 11 is 7.08. The molecule has 0 saturated heterocycles. The highest BCUT2D eigenvalue weighted by atomic mass is 35.5. The van der Waals surface area contributed by atoms with Gasteiger partial charge in [0, 0.05) is 5.02 Å². The maximum absolute atomic E-state index is 11.9. The first-order chi connectivity index (χ1) is 13.1. The van der Waals surface area contributed by atoms with Crippen LogP contribution >= 0.6 is 22.9 Å². The number of carbonyl (C=O) groups is 1. The molecule has 1 heterocycles. The van der Waals surface area contributed by atoms with Gasteiger partial charge in [0.15, 0.2) is 6.61 Å². The minimum Gasteiger partial charge on any atom is -0.497 e. The summed E-state index contributed by atoms with van der Waals surface area (Å²) in [5.74, 6) is 1.05. The molecule has 0 saturated carbocycles. The Labute approximate surface area is 165 Å². The molecule has 1 aromatic heterocycles. The van der Waals surface area contributed by atoms with Gasteiger partial charge < -0.3 is 9.47 Å². The molecule has 1 N–H and O–H groups in total. The van der Waals surface area contributed by atoms with Crippen molar-refractivity contribution in [1.29, 1.82) is 0 Å². The molecule has 0 aliphatic rings. The first kappa shape index (κ1) is 18.9. The van der Waals surface area contributed by atoms with E-state index in [1.54, 1.807) is 31.4 Å². The number of nitrogens with zero attached hydrogens (tertiary/aromatic N) is 2. The second-order valence-corrected chi connectivity index (χ2v) is 6.79. The Morgan fingerprint density at radius 3 is 2.48 bits per heavy atom. The summed E-state index contributed by atoms with van der Waals surface area (Å²) in [4.78, 5) is 11.9. The van der Waals surface area contributed by atoms with Gasteiger partial charge in [-0.25, -0.2) is 0 Å². The topological polar surface area (TPSA) is 73.3 Å². The van der Waals surface area contributed by atoms with E-state index in [1.165, 1.54) is 11.3 Å². The van der Waals surface area contributed by atoms with Gasteiger partial charge >= 0.3 is 0 Å². The van der Waals surface area contributed by atoms with E-state index in [1.807, 2.05) is 36.4 Å². The summed E-state index contributed by atoms with van der Waals surface area (Å²) in [6.45, 7) is -0.127. The molecule has 138 valence electrons. The van der Waals surface area contributed by atoms with Crippen LogP contribution in [0.4, 0.5) is 5.13 Å². The first-order valence-corrected chi connectivity index (χ1v) is 9.16. The van der Waals surface area contributed by atoms with Crippen LogP contribution in [0.5, 0.6) is 11.5 Å². The normalized spacial score (nSPS) is 10.7. The Morgan fingerprint density at radius 2 is 1.78 bits per heavy atom. The third kappa shape index (κ3) is 5.80. The Balaban J connectivity index is 1.51. The smallest absolute Gasteiger partial charge is 0.264 e. The second-order valence-electron chi connectivity index (χ2n) is 5.34. The molecule has 0 fully saturated rings. The maximum Gasteiger partial charge on any atom is 0.264 e. The molecule has 0 bridgehead atoms. The number of methoxy groups -OCH3 is 1. The van der Waals surface area contributed by atoms with Gasteiger partial charge in [-0.15, -0.1) is 10.2 Å². The van der Waals surface area contributed by atoms with E-state index in [0.29, 0.717) is 20.9 Å². The van der Waals surface area contributed by atoms with Crippen LogP contribution in [0.2, 0.25) is 5.02 Å². The lowest BCUT2D eigenvalue weighted by atomic mass is 10.2. The van der Waals surface area contributed by atoms with Crippen molar-refractivity contribution in [3.63, 3.8) is 0 Å². The Hall–Kier alpha value is -2.90. The van der Waals surface area contributed by atoms with Crippen LogP contribution in [0.25, 0.3) is 12.2 Å². The van der Waals surface area contributed by atoms with Crippen LogP contribution in [0.15, 0.2) is 48.5 Å². The fourth-order valence-corrected chi connectivity index (χ4v) is 2.86. The Bertz CT molecular complexity index is 924. The van der Waals surface area contributed by atoms with Crippen molar-refractivity contribution in [2.24, 2.45) is 0 Å². The van der Waals surface area contributed by atoms with Crippen molar-refractivity contribution >= 4 is 46.1 Å². The fourth-order valence-electron chi connectivity index (χ4n) is 2.07. The molecule has 3 rings (SSSR count). The van der Waals surface area contributed by atoms with Gasteiger partial charge in [-0.3, -0.25) is 10.1 Å². The van der Waals surface area contributed by atoms with E-state index in [-0.39, 0.29) is 12.5 Å². The van der Waals surface area contributed by atoms with Crippen molar-refractivity contribution in [2.45, 2.75) is 0 Å². The molecule has 2 aromatic carbocycles. The van der Waals surface area contributed by atoms with Crippen molar-refractivity contribution in [3.8, 4) is 11.5 Å². The van der Waals surface area contributed by atoms with Crippen LogP contribution in [-0.2, 0) is 4.79 Å². The molecule has 0 spiro atoms. The number of halogens is 1. The number of carbonyl (C=O) groups excluding carboxylic acids is 1. The van der Waals surface area contributed by atoms with Crippen molar-refractivity contribution in [1.82, 2.24) is 10.2 Å². The Kier molecular flexibility index (Phi) is 6.40. The zero-order valence-electron chi connectivity index (χ0n) is 14.4. The number of amides is 1. The highest BCUT2D eigenvalue weighted by Crippen LogP contribution is 2.19. The van der Waals surface area contributed by atoms with Crippen LogP contribution < -0.4 is 14.8 Å². The first-order valence-electron chi connectivity index (χ1n) is 7.96. The molecule has 27 heavy (non-hydrogen) atoms. The average molecular weight is 402 g/mol. The number of anilines is 1. The van der Waals surface area contributed by atoms with Crippen LogP contribution in [0.1, 0.15) is 10.6 Å². The summed E-state index contributed by atoms with van der Waals surface area (Å²) < 4.78 is 10.5. The van der Waals surface area contributed by atoms with E-state index >= 15 is 0 Å². The fraction of sp³-hybridized carbons (Fsp3) is 0.105. The van der Waals surface area contributed by atoms with Gasteiger partial charge in [-0.1, -0.05) is 41.1 Å². The number of nitrogens with one attached hydrogen (secondary N) is 1.